The maximum atomic E-state index is 5.71. The minimum Gasteiger partial charge on any atom is -0.378 e. The maximum absolute atomic E-state index is 5.71. The molecule has 0 spiro atoms. The molecule has 2 atom stereocenters. The van der Waals surface area contributed by atoms with Crippen molar-refractivity contribution in [2.45, 2.75) is 82.9 Å². The van der Waals surface area contributed by atoms with Gasteiger partial charge in [-0.05, 0) is 46.0 Å². The van der Waals surface area contributed by atoms with E-state index in [1.165, 1.54) is 51.4 Å². The van der Waals surface area contributed by atoms with Crippen molar-refractivity contribution in [3.05, 3.63) is 0 Å². The normalized spacial score (nSPS) is 31.5. The van der Waals surface area contributed by atoms with E-state index in [2.05, 4.69) is 19.2 Å². The average Bonchev–Trinajstić information content (AvgIpc) is 2.70. The van der Waals surface area contributed by atoms with Crippen molar-refractivity contribution < 1.29 is 4.74 Å². The molecule has 2 heteroatoms. The number of nitrogens with one attached hydrogen (secondary N) is 1. The van der Waals surface area contributed by atoms with Crippen molar-refractivity contribution in [2.24, 2.45) is 0 Å². The molecular formula is C14H27NO. The molecule has 0 aromatic heterocycles. The third kappa shape index (κ3) is 3.46. The Labute approximate surface area is 100 Å². The molecule has 16 heavy (non-hydrogen) atoms. The lowest BCUT2D eigenvalue weighted by Crippen LogP contribution is -2.49. The summed E-state index contributed by atoms with van der Waals surface area (Å²) >= 11 is 0. The van der Waals surface area contributed by atoms with E-state index in [4.69, 9.17) is 4.74 Å². The molecular weight excluding hydrogens is 198 g/mol. The van der Waals surface area contributed by atoms with Crippen LogP contribution in [0, 0.1) is 0 Å². The molecule has 94 valence electrons. The fourth-order valence-electron chi connectivity index (χ4n) is 3.35. The first-order valence-corrected chi connectivity index (χ1v) is 7.07. The molecule has 1 heterocycles. The lowest BCUT2D eigenvalue weighted by atomic mass is 9.82. The zero-order chi connectivity index (χ0) is 11.4. The van der Waals surface area contributed by atoms with Crippen LogP contribution < -0.4 is 5.32 Å². The Morgan fingerprint density at radius 2 is 2.00 bits per heavy atom. The van der Waals surface area contributed by atoms with Gasteiger partial charge in [0.1, 0.15) is 0 Å². The summed E-state index contributed by atoms with van der Waals surface area (Å²) in [5.74, 6) is 0. The quantitative estimate of drug-likeness (QED) is 0.793. The van der Waals surface area contributed by atoms with Crippen LogP contribution in [-0.4, -0.2) is 24.3 Å². The zero-order valence-electron chi connectivity index (χ0n) is 10.9. The third-order valence-corrected chi connectivity index (χ3v) is 4.19. The molecule has 2 aliphatic rings. The third-order valence-electron chi connectivity index (χ3n) is 4.19. The highest BCUT2D eigenvalue weighted by Gasteiger charge is 2.29. The molecule has 0 bridgehead atoms. The molecule has 0 aromatic rings. The molecule has 2 nitrogen and oxygen atoms in total. The van der Waals surface area contributed by atoms with Gasteiger partial charge in [-0.2, -0.15) is 0 Å². The molecule has 2 fully saturated rings. The van der Waals surface area contributed by atoms with Crippen LogP contribution in [0.25, 0.3) is 0 Å². The van der Waals surface area contributed by atoms with Crippen molar-refractivity contribution in [3.63, 3.8) is 0 Å². The highest BCUT2D eigenvalue weighted by molar-refractivity contribution is 4.89. The molecule has 1 N–H and O–H groups in total. The Morgan fingerprint density at radius 3 is 2.62 bits per heavy atom. The second-order valence-electron chi connectivity index (χ2n) is 6.04. The highest BCUT2D eigenvalue weighted by atomic mass is 16.5. The van der Waals surface area contributed by atoms with Crippen LogP contribution >= 0.6 is 0 Å². The summed E-state index contributed by atoms with van der Waals surface area (Å²) in [5, 5.41) is 3.84. The molecule has 1 saturated carbocycles. The summed E-state index contributed by atoms with van der Waals surface area (Å²) < 4.78 is 5.71. The number of ether oxygens (including phenoxy) is 1. The van der Waals surface area contributed by atoms with Crippen molar-refractivity contribution in [1.29, 1.82) is 0 Å². The second kappa shape index (κ2) is 5.50. The van der Waals surface area contributed by atoms with Crippen LogP contribution in [0.3, 0.4) is 0 Å². The van der Waals surface area contributed by atoms with Gasteiger partial charge in [-0.1, -0.05) is 19.3 Å². The topological polar surface area (TPSA) is 21.3 Å². The van der Waals surface area contributed by atoms with E-state index in [-0.39, 0.29) is 0 Å². The maximum Gasteiger partial charge on any atom is 0.0590 e. The van der Waals surface area contributed by atoms with Crippen LogP contribution in [0.1, 0.15) is 65.2 Å². The fourth-order valence-corrected chi connectivity index (χ4v) is 3.35. The Kier molecular flexibility index (Phi) is 4.26. The van der Waals surface area contributed by atoms with Gasteiger partial charge in [0.15, 0.2) is 0 Å². The van der Waals surface area contributed by atoms with E-state index in [1.807, 2.05) is 0 Å². The summed E-state index contributed by atoms with van der Waals surface area (Å²) in [6.07, 6.45) is 11.2. The highest BCUT2D eigenvalue weighted by Crippen LogP contribution is 2.28. The van der Waals surface area contributed by atoms with Crippen LogP contribution in [0.15, 0.2) is 0 Å². The van der Waals surface area contributed by atoms with Gasteiger partial charge in [-0.3, -0.25) is 0 Å². The van der Waals surface area contributed by atoms with Crippen LogP contribution in [0.5, 0.6) is 0 Å². The van der Waals surface area contributed by atoms with Crippen molar-refractivity contribution in [2.75, 3.05) is 6.61 Å². The Balaban J connectivity index is 1.74. The average molecular weight is 225 g/mol. The number of rotatable bonds is 4. The van der Waals surface area contributed by atoms with Gasteiger partial charge in [-0.15, -0.1) is 0 Å². The first-order valence-electron chi connectivity index (χ1n) is 7.07. The van der Waals surface area contributed by atoms with E-state index in [0.717, 1.165) is 6.61 Å². The number of hydrogen-bond donors (Lipinski definition) is 1. The zero-order valence-corrected chi connectivity index (χ0v) is 10.9. The minimum atomic E-state index is 0.399. The van der Waals surface area contributed by atoms with E-state index in [1.54, 1.807) is 0 Å². The molecule has 1 aliphatic carbocycles. The monoisotopic (exact) mass is 225 g/mol. The second-order valence-corrected chi connectivity index (χ2v) is 6.04. The van der Waals surface area contributed by atoms with E-state index in [0.29, 0.717) is 17.7 Å². The first kappa shape index (κ1) is 12.4. The van der Waals surface area contributed by atoms with Crippen molar-refractivity contribution in [3.8, 4) is 0 Å². The molecule has 0 amide bonds. The van der Waals surface area contributed by atoms with E-state index < -0.39 is 0 Å². The summed E-state index contributed by atoms with van der Waals surface area (Å²) in [6.45, 7) is 5.70. The van der Waals surface area contributed by atoms with Crippen LogP contribution in [0.4, 0.5) is 0 Å². The van der Waals surface area contributed by atoms with Crippen LogP contribution in [0.2, 0.25) is 0 Å². The Morgan fingerprint density at radius 1 is 1.25 bits per heavy atom. The predicted octanol–water partition coefficient (Wildman–Crippen LogP) is 3.26. The van der Waals surface area contributed by atoms with Gasteiger partial charge in [0, 0.05) is 18.2 Å². The van der Waals surface area contributed by atoms with Crippen LogP contribution in [-0.2, 0) is 4.74 Å². The van der Waals surface area contributed by atoms with Gasteiger partial charge >= 0.3 is 0 Å². The molecule has 0 radical (unpaired) electrons. The summed E-state index contributed by atoms with van der Waals surface area (Å²) in [6, 6.07) is 0.603. The standard InChI is InChI=1S/C14H27NO/c1-12(11-13-7-6-10-16-13)15-14(2)8-4-3-5-9-14/h12-13,15H,3-11H2,1-2H3. The Bertz CT molecular complexity index is 205. The van der Waals surface area contributed by atoms with Crippen molar-refractivity contribution in [1.82, 2.24) is 5.32 Å². The smallest absolute Gasteiger partial charge is 0.0590 e. The van der Waals surface area contributed by atoms with E-state index in [9.17, 15) is 0 Å². The van der Waals surface area contributed by atoms with Gasteiger partial charge in [0.25, 0.3) is 0 Å². The van der Waals surface area contributed by atoms with Gasteiger partial charge in [0.2, 0.25) is 0 Å². The number of hydrogen-bond acceptors (Lipinski definition) is 2. The summed E-state index contributed by atoms with van der Waals surface area (Å²) in [4.78, 5) is 0. The lowest BCUT2D eigenvalue weighted by molar-refractivity contribution is 0.0898. The van der Waals surface area contributed by atoms with Crippen molar-refractivity contribution >= 4 is 0 Å². The molecule has 1 aliphatic heterocycles. The van der Waals surface area contributed by atoms with E-state index >= 15 is 0 Å². The summed E-state index contributed by atoms with van der Waals surface area (Å²) in [5.41, 5.74) is 0.399. The fraction of sp³-hybridized carbons (Fsp3) is 1.00. The molecule has 1 saturated heterocycles. The van der Waals surface area contributed by atoms with Gasteiger partial charge in [0.05, 0.1) is 6.10 Å². The molecule has 2 unspecified atom stereocenters. The minimum absolute atomic E-state index is 0.399. The lowest BCUT2D eigenvalue weighted by Gasteiger charge is -2.37. The van der Waals surface area contributed by atoms with Gasteiger partial charge in [-0.25, -0.2) is 0 Å². The first-order chi connectivity index (χ1) is 7.68. The molecule has 0 aromatic carbocycles. The largest absolute Gasteiger partial charge is 0.378 e. The van der Waals surface area contributed by atoms with Gasteiger partial charge < -0.3 is 10.1 Å². The predicted molar refractivity (Wildman–Crippen MR) is 67.7 cm³/mol. The Hall–Kier alpha value is -0.0800. The molecule has 2 rings (SSSR count). The summed E-state index contributed by atoms with van der Waals surface area (Å²) in [7, 11) is 0. The SMILES string of the molecule is CC(CC1CCCO1)NC1(C)CCCCC1.